The summed E-state index contributed by atoms with van der Waals surface area (Å²) in [5.41, 5.74) is -3.16. The maximum Gasteiger partial charge on any atom is 0.186 e. The van der Waals surface area contributed by atoms with Crippen molar-refractivity contribution in [2.24, 2.45) is 44.8 Å². The molecular weight excluding hydrogens is 716 g/mol. The fourth-order valence-electron chi connectivity index (χ4n) is 14.9. The fourth-order valence-corrected chi connectivity index (χ4v) is 14.9. The zero-order chi connectivity index (χ0) is 40.1. The van der Waals surface area contributed by atoms with Crippen LogP contribution in [0.25, 0.3) is 0 Å². The average Bonchev–Trinajstić information content (AvgIpc) is 3.47. The quantitative estimate of drug-likeness (QED) is 0.162. The Bertz CT molecular complexity index is 1460. The van der Waals surface area contributed by atoms with Crippen molar-refractivity contribution in [2.75, 3.05) is 13.2 Å². The topological polar surface area (TPSA) is 228 Å². The molecule has 0 bridgehead atoms. The standard InChI is InChI=1S/C41H68O14/c1-35(2)24(54-33-29(48)26(45)20(44)17-51-33)9-11-41-18-40(41)13-12-37(5)31(39(7)10-8-25(55-39)36(3,4)50)19(43)15-38(37,6)23(40)14-21(32(35)41)52-34-30(49)28(47)27(46)22(16-42)53-34/h19-34,42-50H,8-18H2,1-7H3/t19-,20+,21-,22+,23?,24-,25+,26-,27+,28-,29+,30+,31-,32?,33-,34+,37+,38-,39-,40?,41+/m0/s1. The van der Waals surface area contributed by atoms with Gasteiger partial charge in [0.25, 0.3) is 0 Å². The lowest BCUT2D eigenvalue weighted by Gasteiger charge is -2.65. The lowest BCUT2D eigenvalue weighted by Crippen LogP contribution is -2.65. The molecule has 5 aliphatic carbocycles. The third-order valence-corrected chi connectivity index (χ3v) is 17.6. The molecule has 0 amide bonds. The Hall–Kier alpha value is -0.560. The Kier molecular flexibility index (Phi) is 9.90. The summed E-state index contributed by atoms with van der Waals surface area (Å²) < 4.78 is 31.9. The molecule has 0 aromatic heterocycles. The summed E-state index contributed by atoms with van der Waals surface area (Å²) in [7, 11) is 0. The molecule has 0 aromatic carbocycles. The van der Waals surface area contributed by atoms with Gasteiger partial charge in [-0.25, -0.2) is 0 Å². The fraction of sp³-hybridized carbons (Fsp3) is 1.00. The average molecular weight is 785 g/mol. The van der Waals surface area contributed by atoms with Crippen molar-refractivity contribution in [1.29, 1.82) is 0 Å². The number of hydrogen-bond donors (Lipinski definition) is 9. The Morgan fingerprint density at radius 1 is 0.709 bits per heavy atom. The minimum absolute atomic E-state index is 0.0633. The highest BCUT2D eigenvalue weighted by molar-refractivity contribution is 5.33. The molecule has 8 aliphatic rings. The third-order valence-electron chi connectivity index (χ3n) is 17.6. The minimum Gasteiger partial charge on any atom is -0.394 e. The van der Waals surface area contributed by atoms with Crippen molar-refractivity contribution >= 4 is 0 Å². The highest BCUT2D eigenvalue weighted by Gasteiger charge is 2.85. The molecule has 14 nitrogen and oxygen atoms in total. The van der Waals surface area contributed by atoms with Crippen molar-refractivity contribution in [3.8, 4) is 0 Å². The van der Waals surface area contributed by atoms with E-state index >= 15 is 0 Å². The second-order valence-corrected chi connectivity index (χ2v) is 21.1. The molecule has 8 fully saturated rings. The third kappa shape index (κ3) is 5.70. The number of aliphatic hydroxyl groups excluding tert-OH is 8. The molecule has 5 saturated carbocycles. The first-order valence-electron chi connectivity index (χ1n) is 20.9. The van der Waals surface area contributed by atoms with Gasteiger partial charge in [0.1, 0.15) is 42.7 Å². The van der Waals surface area contributed by atoms with E-state index in [-0.39, 0.29) is 52.1 Å². The predicted octanol–water partition coefficient (Wildman–Crippen LogP) is 0.724. The van der Waals surface area contributed by atoms with Gasteiger partial charge in [-0.15, -0.1) is 0 Å². The van der Waals surface area contributed by atoms with Crippen LogP contribution in [0.15, 0.2) is 0 Å². The van der Waals surface area contributed by atoms with Crippen molar-refractivity contribution in [1.82, 2.24) is 0 Å². The highest BCUT2D eigenvalue weighted by atomic mass is 16.7. The summed E-state index contributed by atoms with van der Waals surface area (Å²) in [6.45, 7) is 13.8. The summed E-state index contributed by atoms with van der Waals surface area (Å²) in [6.07, 6.45) is -7.48. The van der Waals surface area contributed by atoms with Crippen LogP contribution < -0.4 is 0 Å². The van der Waals surface area contributed by atoms with E-state index in [2.05, 4.69) is 34.6 Å². The molecule has 3 unspecified atom stereocenters. The van der Waals surface area contributed by atoms with Gasteiger partial charge in [0.05, 0.1) is 48.8 Å². The maximum absolute atomic E-state index is 12.2. The van der Waals surface area contributed by atoms with E-state index in [4.69, 9.17) is 23.7 Å². The van der Waals surface area contributed by atoms with Crippen LogP contribution in [-0.2, 0) is 23.7 Å². The number of ether oxygens (including phenoxy) is 5. The molecule has 0 aromatic rings. The number of rotatable bonds is 7. The summed E-state index contributed by atoms with van der Waals surface area (Å²) >= 11 is 0. The van der Waals surface area contributed by atoms with Crippen LogP contribution in [0.2, 0.25) is 0 Å². The molecule has 21 atom stereocenters. The molecule has 8 rings (SSSR count). The zero-order valence-corrected chi connectivity index (χ0v) is 33.6. The summed E-state index contributed by atoms with van der Waals surface area (Å²) in [5, 5.41) is 97.2. The smallest absolute Gasteiger partial charge is 0.186 e. The first-order valence-corrected chi connectivity index (χ1v) is 20.9. The number of fused-ring (bicyclic) bond motifs is 2. The second kappa shape index (κ2) is 13.2. The van der Waals surface area contributed by atoms with Gasteiger partial charge in [0.15, 0.2) is 12.6 Å². The van der Waals surface area contributed by atoms with Crippen molar-refractivity contribution in [3.63, 3.8) is 0 Å². The summed E-state index contributed by atoms with van der Waals surface area (Å²) in [4.78, 5) is 0. The maximum atomic E-state index is 12.2. The van der Waals surface area contributed by atoms with Crippen LogP contribution in [0, 0.1) is 44.8 Å². The Labute approximate surface area is 324 Å². The summed E-state index contributed by atoms with van der Waals surface area (Å²) in [5.74, 6) is -0.215. The first kappa shape index (κ1) is 41.2. The van der Waals surface area contributed by atoms with Crippen molar-refractivity contribution in [2.45, 2.75) is 197 Å². The lowest BCUT2D eigenvalue weighted by atomic mass is 9.41. The van der Waals surface area contributed by atoms with Gasteiger partial charge in [0.2, 0.25) is 0 Å². The molecule has 3 aliphatic heterocycles. The van der Waals surface area contributed by atoms with Gasteiger partial charge in [-0.2, -0.15) is 0 Å². The monoisotopic (exact) mass is 784 g/mol. The molecule has 2 spiro atoms. The van der Waals surface area contributed by atoms with E-state index in [0.717, 1.165) is 32.1 Å². The van der Waals surface area contributed by atoms with Crippen LogP contribution in [0.1, 0.15) is 106 Å². The van der Waals surface area contributed by atoms with Gasteiger partial charge in [-0.05, 0) is 117 Å². The number of aliphatic hydroxyl groups is 9. The Morgan fingerprint density at radius 3 is 2.05 bits per heavy atom. The van der Waals surface area contributed by atoms with E-state index in [1.165, 1.54) is 0 Å². The van der Waals surface area contributed by atoms with Crippen LogP contribution in [0.5, 0.6) is 0 Å². The van der Waals surface area contributed by atoms with E-state index < -0.39 is 96.8 Å². The highest BCUT2D eigenvalue weighted by Crippen LogP contribution is 2.89. The van der Waals surface area contributed by atoms with Gasteiger partial charge < -0.3 is 69.6 Å². The number of hydrogen-bond acceptors (Lipinski definition) is 14. The van der Waals surface area contributed by atoms with E-state index in [9.17, 15) is 46.0 Å². The molecule has 3 heterocycles. The Morgan fingerprint density at radius 2 is 1.40 bits per heavy atom. The lowest BCUT2D eigenvalue weighted by molar-refractivity contribution is -0.339. The van der Waals surface area contributed by atoms with Crippen molar-refractivity contribution in [3.05, 3.63) is 0 Å². The Balaban J connectivity index is 1.15. The largest absolute Gasteiger partial charge is 0.394 e. The molecule has 3 saturated heterocycles. The van der Waals surface area contributed by atoms with Crippen LogP contribution >= 0.6 is 0 Å². The van der Waals surface area contributed by atoms with Crippen LogP contribution in [-0.4, -0.2) is 150 Å². The molecule has 55 heavy (non-hydrogen) atoms. The SMILES string of the molecule is CC(C)(O)[C@H]1CC[C@@](C)([C@H]2[C@@H](O)C[C@@]3(C)C4C[C@H](O[C@@H]5O[C@H](CO)[C@@H](O)[C@H](O)[C@H]5O)C5C(C)(C)[C@@H](O[C@@H]6OC[C@@H](O)[C@H](O)[C@H]6O)CC[C@@]56CC46CC[C@]23C)O1. The first-order chi connectivity index (χ1) is 25.5. The zero-order valence-electron chi connectivity index (χ0n) is 33.6. The molecule has 0 radical (unpaired) electrons. The molecule has 9 N–H and O–H groups in total. The normalized spacial score (nSPS) is 58.7. The molecular formula is C41H68O14. The van der Waals surface area contributed by atoms with Crippen LogP contribution in [0.3, 0.4) is 0 Å². The van der Waals surface area contributed by atoms with Crippen molar-refractivity contribution < 1.29 is 69.6 Å². The second-order valence-electron chi connectivity index (χ2n) is 21.1. The predicted molar refractivity (Wildman–Crippen MR) is 194 cm³/mol. The van der Waals surface area contributed by atoms with E-state index in [1.54, 1.807) is 13.8 Å². The summed E-state index contributed by atoms with van der Waals surface area (Å²) in [6, 6.07) is 0. The minimum atomic E-state index is -1.60. The van der Waals surface area contributed by atoms with Gasteiger partial charge in [0, 0.05) is 5.92 Å². The van der Waals surface area contributed by atoms with E-state index in [1.807, 2.05) is 0 Å². The van der Waals surface area contributed by atoms with Gasteiger partial charge in [-0.1, -0.05) is 27.7 Å². The molecule has 316 valence electrons. The van der Waals surface area contributed by atoms with Gasteiger partial charge in [-0.3, -0.25) is 0 Å². The van der Waals surface area contributed by atoms with Crippen LogP contribution in [0.4, 0.5) is 0 Å². The molecule has 14 heteroatoms. The van der Waals surface area contributed by atoms with E-state index in [0.29, 0.717) is 25.7 Å². The van der Waals surface area contributed by atoms with Gasteiger partial charge >= 0.3 is 0 Å².